The SMILES string of the molecule is OCC1(c2cc(-c3ccccc3)n[nH]2)CC1. The first kappa shape index (κ1) is 9.60. The van der Waals surface area contributed by atoms with E-state index in [1.165, 1.54) is 0 Å². The first-order valence-corrected chi connectivity index (χ1v) is 5.56. The molecule has 2 aromatic rings. The third-order valence-corrected chi connectivity index (χ3v) is 3.37. The van der Waals surface area contributed by atoms with Crippen LogP contribution in [-0.2, 0) is 5.41 Å². The van der Waals surface area contributed by atoms with Crippen molar-refractivity contribution in [2.45, 2.75) is 18.3 Å². The van der Waals surface area contributed by atoms with Gasteiger partial charge in [-0.1, -0.05) is 30.3 Å². The monoisotopic (exact) mass is 214 g/mol. The molecule has 2 N–H and O–H groups in total. The molecule has 0 bridgehead atoms. The number of H-pyrrole nitrogens is 1. The first-order valence-electron chi connectivity index (χ1n) is 5.56. The summed E-state index contributed by atoms with van der Waals surface area (Å²) in [5.41, 5.74) is 3.10. The van der Waals surface area contributed by atoms with E-state index in [4.69, 9.17) is 0 Å². The van der Waals surface area contributed by atoms with Crippen molar-refractivity contribution in [3.05, 3.63) is 42.1 Å². The van der Waals surface area contributed by atoms with Crippen LogP contribution in [0.1, 0.15) is 18.5 Å². The van der Waals surface area contributed by atoms with Crippen molar-refractivity contribution in [1.82, 2.24) is 10.2 Å². The third kappa shape index (κ3) is 1.44. The maximum absolute atomic E-state index is 9.34. The molecule has 16 heavy (non-hydrogen) atoms. The molecule has 1 heterocycles. The molecule has 0 aliphatic heterocycles. The summed E-state index contributed by atoms with van der Waals surface area (Å²) in [6.07, 6.45) is 2.11. The Morgan fingerprint density at radius 3 is 2.62 bits per heavy atom. The Morgan fingerprint density at radius 2 is 2.00 bits per heavy atom. The molecular weight excluding hydrogens is 200 g/mol. The topological polar surface area (TPSA) is 48.9 Å². The number of nitrogens with one attached hydrogen (secondary N) is 1. The fraction of sp³-hybridized carbons (Fsp3) is 0.308. The molecule has 0 amide bonds. The molecule has 1 aromatic heterocycles. The van der Waals surface area contributed by atoms with Gasteiger partial charge < -0.3 is 5.11 Å². The van der Waals surface area contributed by atoms with E-state index in [2.05, 4.69) is 16.3 Å². The maximum Gasteiger partial charge on any atom is 0.0923 e. The van der Waals surface area contributed by atoms with E-state index < -0.39 is 0 Å². The zero-order valence-corrected chi connectivity index (χ0v) is 8.98. The quantitative estimate of drug-likeness (QED) is 0.822. The second kappa shape index (κ2) is 3.46. The summed E-state index contributed by atoms with van der Waals surface area (Å²) < 4.78 is 0. The van der Waals surface area contributed by atoms with Gasteiger partial charge in [-0.15, -0.1) is 0 Å². The molecule has 0 unspecified atom stereocenters. The van der Waals surface area contributed by atoms with Crippen LogP contribution in [0.4, 0.5) is 0 Å². The highest BCUT2D eigenvalue weighted by Crippen LogP contribution is 2.47. The number of aliphatic hydroxyl groups is 1. The molecule has 1 fully saturated rings. The second-order valence-electron chi connectivity index (χ2n) is 4.47. The summed E-state index contributed by atoms with van der Waals surface area (Å²) in [7, 11) is 0. The normalized spacial score (nSPS) is 17.3. The summed E-state index contributed by atoms with van der Waals surface area (Å²) in [5.74, 6) is 0. The van der Waals surface area contributed by atoms with Crippen molar-refractivity contribution in [3.63, 3.8) is 0 Å². The molecule has 0 radical (unpaired) electrons. The molecule has 3 nitrogen and oxygen atoms in total. The highest BCUT2D eigenvalue weighted by atomic mass is 16.3. The highest BCUT2D eigenvalue weighted by molar-refractivity contribution is 5.59. The largest absolute Gasteiger partial charge is 0.395 e. The predicted molar refractivity (Wildman–Crippen MR) is 62.0 cm³/mol. The molecule has 1 saturated carbocycles. The number of benzene rings is 1. The van der Waals surface area contributed by atoms with Crippen molar-refractivity contribution < 1.29 is 5.11 Å². The fourth-order valence-corrected chi connectivity index (χ4v) is 2.01. The van der Waals surface area contributed by atoms with Crippen molar-refractivity contribution in [1.29, 1.82) is 0 Å². The van der Waals surface area contributed by atoms with Gasteiger partial charge in [0.15, 0.2) is 0 Å². The Labute approximate surface area is 94.1 Å². The zero-order valence-electron chi connectivity index (χ0n) is 8.98. The minimum Gasteiger partial charge on any atom is -0.395 e. The van der Waals surface area contributed by atoms with Crippen molar-refractivity contribution >= 4 is 0 Å². The van der Waals surface area contributed by atoms with Gasteiger partial charge in [0.2, 0.25) is 0 Å². The van der Waals surface area contributed by atoms with Crippen LogP contribution >= 0.6 is 0 Å². The fourth-order valence-electron chi connectivity index (χ4n) is 2.01. The summed E-state index contributed by atoms with van der Waals surface area (Å²) in [6.45, 7) is 0.212. The lowest BCUT2D eigenvalue weighted by Crippen LogP contribution is -2.12. The predicted octanol–water partition coefficient (Wildman–Crippen LogP) is 2.10. The average molecular weight is 214 g/mol. The molecule has 82 valence electrons. The van der Waals surface area contributed by atoms with Gasteiger partial charge in [0.25, 0.3) is 0 Å². The molecular formula is C13H14N2O. The average Bonchev–Trinajstić information content (AvgIpc) is 3.00. The van der Waals surface area contributed by atoms with Gasteiger partial charge in [-0.3, -0.25) is 5.10 Å². The number of aromatic nitrogens is 2. The lowest BCUT2D eigenvalue weighted by molar-refractivity contribution is 0.252. The van der Waals surface area contributed by atoms with Gasteiger partial charge in [-0.2, -0.15) is 5.10 Å². The van der Waals surface area contributed by atoms with E-state index in [0.29, 0.717) is 0 Å². The molecule has 3 heteroatoms. The summed E-state index contributed by atoms with van der Waals surface area (Å²) >= 11 is 0. The standard InChI is InChI=1S/C13H14N2O/c16-9-13(6-7-13)12-8-11(14-15-12)10-4-2-1-3-5-10/h1-5,8,16H,6-7,9H2,(H,14,15). The smallest absolute Gasteiger partial charge is 0.0923 e. The van der Waals surface area contributed by atoms with Gasteiger partial charge >= 0.3 is 0 Å². The van der Waals surface area contributed by atoms with Gasteiger partial charge in [0.1, 0.15) is 0 Å². The molecule has 0 spiro atoms. The van der Waals surface area contributed by atoms with Crippen LogP contribution in [0.5, 0.6) is 0 Å². The van der Waals surface area contributed by atoms with Crippen LogP contribution in [0.15, 0.2) is 36.4 Å². The minimum atomic E-state index is -0.0277. The molecule has 1 aromatic carbocycles. The van der Waals surface area contributed by atoms with E-state index in [-0.39, 0.29) is 12.0 Å². The van der Waals surface area contributed by atoms with Crippen molar-refractivity contribution in [3.8, 4) is 11.3 Å². The van der Waals surface area contributed by atoms with E-state index in [1.807, 2.05) is 30.3 Å². The summed E-state index contributed by atoms with van der Waals surface area (Å²) in [6, 6.07) is 12.1. The van der Waals surface area contributed by atoms with Crippen LogP contribution < -0.4 is 0 Å². The Bertz CT molecular complexity index is 486. The van der Waals surface area contributed by atoms with E-state index in [1.54, 1.807) is 0 Å². The van der Waals surface area contributed by atoms with Crippen LogP contribution in [0, 0.1) is 0 Å². The molecule has 1 aliphatic rings. The first-order chi connectivity index (χ1) is 7.84. The number of aliphatic hydroxyl groups excluding tert-OH is 1. The van der Waals surface area contributed by atoms with Crippen LogP contribution in [0.2, 0.25) is 0 Å². The molecule has 1 aliphatic carbocycles. The second-order valence-corrected chi connectivity index (χ2v) is 4.47. The lowest BCUT2D eigenvalue weighted by Gasteiger charge is -2.06. The van der Waals surface area contributed by atoms with Crippen LogP contribution in [-0.4, -0.2) is 21.9 Å². The number of hydrogen-bond donors (Lipinski definition) is 2. The minimum absolute atomic E-state index is 0.0277. The van der Waals surface area contributed by atoms with Gasteiger partial charge in [-0.25, -0.2) is 0 Å². The summed E-state index contributed by atoms with van der Waals surface area (Å²) in [5, 5.41) is 16.7. The van der Waals surface area contributed by atoms with Gasteiger partial charge in [-0.05, 0) is 18.9 Å². The summed E-state index contributed by atoms with van der Waals surface area (Å²) in [4.78, 5) is 0. The maximum atomic E-state index is 9.34. The Hall–Kier alpha value is -1.61. The van der Waals surface area contributed by atoms with Crippen molar-refractivity contribution in [2.75, 3.05) is 6.61 Å². The van der Waals surface area contributed by atoms with Crippen molar-refractivity contribution in [2.24, 2.45) is 0 Å². The Kier molecular flexibility index (Phi) is 2.07. The number of nitrogens with zero attached hydrogens (tertiary/aromatic N) is 1. The zero-order chi connectivity index (χ0) is 11.0. The number of hydrogen-bond acceptors (Lipinski definition) is 2. The van der Waals surface area contributed by atoms with Crippen LogP contribution in [0.25, 0.3) is 11.3 Å². The number of aromatic amines is 1. The van der Waals surface area contributed by atoms with E-state index in [0.717, 1.165) is 29.8 Å². The Morgan fingerprint density at radius 1 is 1.25 bits per heavy atom. The number of rotatable bonds is 3. The van der Waals surface area contributed by atoms with Crippen LogP contribution in [0.3, 0.4) is 0 Å². The van der Waals surface area contributed by atoms with Gasteiger partial charge in [0.05, 0.1) is 12.3 Å². The molecule has 0 atom stereocenters. The lowest BCUT2D eigenvalue weighted by atomic mass is 10.0. The van der Waals surface area contributed by atoms with E-state index in [9.17, 15) is 5.11 Å². The van der Waals surface area contributed by atoms with Gasteiger partial charge in [0, 0.05) is 16.7 Å². The Balaban J connectivity index is 1.94. The third-order valence-electron chi connectivity index (χ3n) is 3.37. The highest BCUT2D eigenvalue weighted by Gasteiger charge is 2.45. The van der Waals surface area contributed by atoms with E-state index >= 15 is 0 Å². The molecule has 3 rings (SSSR count). The molecule has 0 saturated heterocycles.